The summed E-state index contributed by atoms with van der Waals surface area (Å²) in [5.74, 6) is -2.75. The molecule has 2 aliphatic rings. The van der Waals surface area contributed by atoms with Crippen molar-refractivity contribution in [2.24, 2.45) is 0 Å². The third-order valence-electron chi connectivity index (χ3n) is 4.28. The minimum absolute atomic E-state index is 0.180. The van der Waals surface area contributed by atoms with Gasteiger partial charge in [-0.3, -0.25) is 19.6 Å². The first kappa shape index (κ1) is 17.2. The van der Waals surface area contributed by atoms with Crippen molar-refractivity contribution in [3.8, 4) is 0 Å². The fourth-order valence-electron chi connectivity index (χ4n) is 3.02. The summed E-state index contributed by atoms with van der Waals surface area (Å²) in [5, 5.41) is 17.8. The summed E-state index contributed by atoms with van der Waals surface area (Å²) in [6.07, 6.45) is 1.24. The van der Waals surface area contributed by atoms with Crippen LogP contribution in [0.15, 0.2) is 36.3 Å². The highest BCUT2D eigenvalue weighted by molar-refractivity contribution is 8.00. The van der Waals surface area contributed by atoms with E-state index in [0.29, 0.717) is 5.57 Å². The highest BCUT2D eigenvalue weighted by atomic mass is 32.2. The summed E-state index contributed by atoms with van der Waals surface area (Å²) in [6.45, 7) is 0. The van der Waals surface area contributed by atoms with Gasteiger partial charge in [-0.2, -0.15) is 5.10 Å². The first-order chi connectivity index (χ1) is 13.0. The van der Waals surface area contributed by atoms with Gasteiger partial charge in [0.2, 0.25) is 0 Å². The standard InChI is InChI=1S/C16H12FN5O4S/c17-9-4-2-1-3-7(9)13(23)20-10-14(24)22-11(16(25)26)8(5-27-15(10)22)12-18-6-19-21-12/h1-4,6,10,15H,5H2,(H,20,23)(H,25,26)(H,18,19,21)/t10-,15-/m1/s1. The number of hydrogen-bond acceptors (Lipinski definition) is 6. The van der Waals surface area contributed by atoms with Crippen molar-refractivity contribution in [1.82, 2.24) is 25.4 Å². The van der Waals surface area contributed by atoms with Crippen LogP contribution in [0.3, 0.4) is 0 Å². The van der Waals surface area contributed by atoms with E-state index in [4.69, 9.17) is 0 Å². The number of hydrogen-bond donors (Lipinski definition) is 3. The lowest BCUT2D eigenvalue weighted by molar-refractivity contribution is -0.148. The molecule has 3 N–H and O–H groups in total. The Hall–Kier alpha value is -3.21. The Kier molecular flexibility index (Phi) is 4.15. The van der Waals surface area contributed by atoms with E-state index in [1.807, 2.05) is 0 Å². The predicted molar refractivity (Wildman–Crippen MR) is 91.7 cm³/mol. The van der Waals surface area contributed by atoms with Crippen molar-refractivity contribution in [1.29, 1.82) is 0 Å². The number of aliphatic carboxylic acids is 1. The molecule has 4 rings (SSSR count). The first-order valence-electron chi connectivity index (χ1n) is 7.81. The van der Waals surface area contributed by atoms with Gasteiger partial charge in [-0.15, -0.1) is 11.8 Å². The number of amides is 2. The summed E-state index contributed by atoms with van der Waals surface area (Å²) in [5.41, 5.74) is -0.0359. The van der Waals surface area contributed by atoms with Crippen molar-refractivity contribution in [3.05, 3.63) is 53.5 Å². The molecule has 27 heavy (non-hydrogen) atoms. The Morgan fingerprint density at radius 3 is 2.81 bits per heavy atom. The van der Waals surface area contributed by atoms with E-state index >= 15 is 0 Å². The molecule has 1 saturated heterocycles. The van der Waals surface area contributed by atoms with Crippen LogP contribution in [0.25, 0.3) is 5.57 Å². The van der Waals surface area contributed by atoms with E-state index in [2.05, 4.69) is 20.5 Å². The quantitative estimate of drug-likeness (QED) is 0.648. The Balaban J connectivity index is 1.59. The maximum Gasteiger partial charge on any atom is 0.353 e. The monoisotopic (exact) mass is 389 g/mol. The Labute approximate surface area is 155 Å². The molecule has 2 aliphatic heterocycles. The summed E-state index contributed by atoms with van der Waals surface area (Å²) in [4.78, 5) is 41.6. The second-order valence-corrected chi connectivity index (χ2v) is 6.91. The van der Waals surface area contributed by atoms with Crippen LogP contribution >= 0.6 is 11.8 Å². The number of halogens is 1. The van der Waals surface area contributed by atoms with Gasteiger partial charge in [0.25, 0.3) is 11.8 Å². The first-order valence-corrected chi connectivity index (χ1v) is 8.86. The van der Waals surface area contributed by atoms with Crippen LogP contribution in [-0.2, 0) is 9.59 Å². The second kappa shape index (κ2) is 6.50. The number of nitrogens with one attached hydrogen (secondary N) is 2. The average Bonchev–Trinajstić information content (AvgIpc) is 3.19. The fourth-order valence-corrected chi connectivity index (χ4v) is 4.36. The molecule has 0 saturated carbocycles. The molecule has 2 atom stereocenters. The molecule has 2 amide bonds. The number of nitrogens with zero attached hydrogens (tertiary/aromatic N) is 3. The molecule has 138 valence electrons. The second-order valence-electron chi connectivity index (χ2n) is 5.81. The molecule has 1 fully saturated rings. The van der Waals surface area contributed by atoms with Gasteiger partial charge >= 0.3 is 5.97 Å². The van der Waals surface area contributed by atoms with Crippen LogP contribution in [0.4, 0.5) is 4.39 Å². The number of carbonyl (C=O) groups excluding carboxylic acids is 2. The van der Waals surface area contributed by atoms with Crippen LogP contribution in [0.1, 0.15) is 16.2 Å². The van der Waals surface area contributed by atoms with E-state index < -0.39 is 35.0 Å². The molecule has 9 nitrogen and oxygen atoms in total. The van der Waals surface area contributed by atoms with Crippen LogP contribution in [0, 0.1) is 5.82 Å². The van der Waals surface area contributed by atoms with Gasteiger partial charge < -0.3 is 10.4 Å². The maximum absolute atomic E-state index is 13.8. The molecule has 1 aromatic carbocycles. The number of rotatable bonds is 4. The largest absolute Gasteiger partial charge is 0.477 e. The highest BCUT2D eigenvalue weighted by Gasteiger charge is 2.54. The summed E-state index contributed by atoms with van der Waals surface area (Å²) >= 11 is 1.28. The van der Waals surface area contributed by atoms with Gasteiger partial charge in [0, 0.05) is 11.3 Å². The molecule has 1 aromatic heterocycles. The van der Waals surface area contributed by atoms with Crippen molar-refractivity contribution in [3.63, 3.8) is 0 Å². The number of H-pyrrole nitrogens is 1. The molecule has 0 unspecified atom stereocenters. The minimum atomic E-state index is -1.28. The topological polar surface area (TPSA) is 128 Å². The molecular weight excluding hydrogens is 377 g/mol. The van der Waals surface area contributed by atoms with E-state index in [9.17, 15) is 23.9 Å². The third-order valence-corrected chi connectivity index (χ3v) is 5.56. The molecule has 0 spiro atoms. The number of fused-ring (bicyclic) bond motifs is 1. The molecular formula is C16H12FN5O4S. The Bertz CT molecular complexity index is 977. The summed E-state index contributed by atoms with van der Waals surface area (Å²) in [6, 6.07) is 4.48. The zero-order chi connectivity index (χ0) is 19.1. The normalized spacial score (nSPS) is 21.5. The number of carbonyl (C=O) groups is 3. The molecule has 0 aliphatic carbocycles. The molecule has 3 heterocycles. The lowest BCUT2D eigenvalue weighted by atomic mass is 10.0. The van der Waals surface area contributed by atoms with Gasteiger partial charge in [0.05, 0.1) is 5.56 Å². The number of aromatic nitrogens is 3. The van der Waals surface area contributed by atoms with Gasteiger partial charge in [-0.1, -0.05) is 12.1 Å². The number of aromatic amines is 1. The van der Waals surface area contributed by atoms with E-state index in [-0.39, 0.29) is 22.8 Å². The Morgan fingerprint density at radius 1 is 1.37 bits per heavy atom. The maximum atomic E-state index is 13.8. The average molecular weight is 389 g/mol. The van der Waals surface area contributed by atoms with Crippen LogP contribution in [-0.4, -0.2) is 60.1 Å². The van der Waals surface area contributed by atoms with Gasteiger partial charge in [0.15, 0.2) is 5.82 Å². The number of benzene rings is 1. The SMILES string of the molecule is O=C(O)C1=C(c2ncn[nH]2)CS[C@@H]2[C@H](NC(=O)c3ccccc3F)C(=O)N12. The van der Waals surface area contributed by atoms with Crippen LogP contribution in [0.2, 0.25) is 0 Å². The number of thioether (sulfide) groups is 1. The molecule has 0 bridgehead atoms. The lowest BCUT2D eigenvalue weighted by Gasteiger charge is -2.49. The predicted octanol–water partition coefficient (Wildman–Crippen LogP) is 0.453. The third kappa shape index (κ3) is 2.76. The Morgan fingerprint density at radius 2 is 2.15 bits per heavy atom. The summed E-state index contributed by atoms with van der Waals surface area (Å²) < 4.78 is 13.8. The molecule has 11 heteroatoms. The smallest absolute Gasteiger partial charge is 0.353 e. The van der Waals surface area contributed by atoms with Crippen molar-refractivity contribution in [2.75, 3.05) is 5.75 Å². The number of carboxylic acid groups (broad SMARTS) is 1. The number of carboxylic acids is 1. The van der Waals surface area contributed by atoms with Crippen LogP contribution < -0.4 is 5.32 Å². The fraction of sp³-hybridized carbons (Fsp3) is 0.188. The summed E-state index contributed by atoms with van der Waals surface area (Å²) in [7, 11) is 0. The zero-order valence-corrected chi connectivity index (χ0v) is 14.4. The van der Waals surface area contributed by atoms with Crippen molar-refractivity contribution in [2.45, 2.75) is 11.4 Å². The van der Waals surface area contributed by atoms with Crippen molar-refractivity contribution < 1.29 is 23.9 Å². The van der Waals surface area contributed by atoms with Crippen LogP contribution in [0.5, 0.6) is 0 Å². The minimum Gasteiger partial charge on any atom is -0.477 e. The molecule has 2 aromatic rings. The van der Waals surface area contributed by atoms with Crippen molar-refractivity contribution >= 4 is 35.1 Å². The van der Waals surface area contributed by atoms with Gasteiger partial charge in [-0.05, 0) is 12.1 Å². The number of β-lactam (4-membered cyclic amide) rings is 1. The van der Waals surface area contributed by atoms with Gasteiger partial charge in [-0.25, -0.2) is 14.2 Å². The lowest BCUT2D eigenvalue weighted by Crippen LogP contribution is -2.70. The van der Waals surface area contributed by atoms with E-state index in [0.717, 1.165) is 11.0 Å². The highest BCUT2D eigenvalue weighted by Crippen LogP contribution is 2.42. The van der Waals surface area contributed by atoms with E-state index in [1.165, 1.54) is 36.3 Å². The molecule has 0 radical (unpaired) electrons. The van der Waals surface area contributed by atoms with Gasteiger partial charge in [0.1, 0.15) is 29.3 Å². The zero-order valence-electron chi connectivity index (χ0n) is 13.5. The van der Waals surface area contributed by atoms with E-state index in [1.54, 1.807) is 0 Å².